The first-order chi connectivity index (χ1) is 9.80. The van der Waals surface area contributed by atoms with Crippen LogP contribution >= 0.6 is 0 Å². The Morgan fingerprint density at radius 2 is 1.95 bits per heavy atom. The van der Waals surface area contributed by atoms with E-state index in [1.54, 1.807) is 7.11 Å². The highest BCUT2D eigenvalue weighted by atomic mass is 16.5. The Labute approximate surface area is 129 Å². The molecule has 0 radical (unpaired) electrons. The summed E-state index contributed by atoms with van der Waals surface area (Å²) in [7, 11) is 1.76. The SMILES string of the molecule is COC1(C)CC(NC(=O)CC(C)C2CCNCC2)C1(C)C. The number of nitrogens with one attached hydrogen (secondary N) is 2. The second kappa shape index (κ2) is 6.25. The minimum atomic E-state index is -0.119. The zero-order valence-corrected chi connectivity index (χ0v) is 14.3. The fraction of sp³-hybridized carbons (Fsp3) is 0.941. The van der Waals surface area contributed by atoms with Crippen LogP contribution in [0.15, 0.2) is 0 Å². The molecule has 0 spiro atoms. The monoisotopic (exact) mass is 296 g/mol. The van der Waals surface area contributed by atoms with Gasteiger partial charge >= 0.3 is 0 Å². The first-order valence-corrected chi connectivity index (χ1v) is 8.35. The zero-order chi connectivity index (χ0) is 15.7. The molecule has 4 nitrogen and oxygen atoms in total. The van der Waals surface area contributed by atoms with Crippen molar-refractivity contribution >= 4 is 5.91 Å². The number of methoxy groups -OCH3 is 1. The third kappa shape index (κ3) is 3.26. The molecule has 0 aromatic heterocycles. The molecule has 1 amide bonds. The van der Waals surface area contributed by atoms with E-state index in [0.717, 1.165) is 19.5 Å². The van der Waals surface area contributed by atoms with E-state index in [9.17, 15) is 4.79 Å². The Bertz CT molecular complexity index is 377. The molecule has 0 aromatic carbocycles. The van der Waals surface area contributed by atoms with Crippen LogP contribution in [0.3, 0.4) is 0 Å². The van der Waals surface area contributed by atoms with Crippen molar-refractivity contribution in [2.75, 3.05) is 20.2 Å². The molecule has 1 heterocycles. The smallest absolute Gasteiger partial charge is 0.220 e. The summed E-state index contributed by atoms with van der Waals surface area (Å²) in [5.74, 6) is 1.37. The maximum Gasteiger partial charge on any atom is 0.220 e. The van der Waals surface area contributed by atoms with Crippen molar-refractivity contribution in [1.82, 2.24) is 10.6 Å². The van der Waals surface area contributed by atoms with E-state index in [1.165, 1.54) is 12.8 Å². The minimum absolute atomic E-state index is 0.00456. The lowest BCUT2D eigenvalue weighted by molar-refractivity contribution is -0.182. The molecule has 1 saturated heterocycles. The van der Waals surface area contributed by atoms with Crippen LogP contribution in [0, 0.1) is 17.3 Å². The molecule has 1 aliphatic heterocycles. The number of carbonyl (C=O) groups excluding carboxylic acids is 1. The lowest BCUT2D eigenvalue weighted by Gasteiger charge is -2.59. The summed E-state index contributed by atoms with van der Waals surface area (Å²) < 4.78 is 5.62. The lowest BCUT2D eigenvalue weighted by Crippen LogP contribution is -2.68. The van der Waals surface area contributed by atoms with Gasteiger partial charge < -0.3 is 15.4 Å². The molecule has 21 heavy (non-hydrogen) atoms. The summed E-state index contributed by atoms with van der Waals surface area (Å²) in [4.78, 5) is 12.3. The molecule has 122 valence electrons. The molecule has 0 bridgehead atoms. The summed E-state index contributed by atoms with van der Waals surface area (Å²) in [5, 5.41) is 6.62. The molecule has 2 rings (SSSR count). The van der Waals surface area contributed by atoms with Crippen LogP contribution < -0.4 is 10.6 Å². The van der Waals surface area contributed by atoms with E-state index >= 15 is 0 Å². The van der Waals surface area contributed by atoms with E-state index in [0.29, 0.717) is 18.3 Å². The predicted octanol–water partition coefficient (Wildman–Crippen LogP) is 2.33. The Morgan fingerprint density at radius 3 is 2.48 bits per heavy atom. The van der Waals surface area contributed by atoms with E-state index in [1.807, 2.05) is 0 Å². The number of ether oxygens (including phenoxy) is 1. The summed E-state index contributed by atoms with van der Waals surface area (Å²) >= 11 is 0. The van der Waals surface area contributed by atoms with Crippen LogP contribution in [-0.2, 0) is 9.53 Å². The van der Waals surface area contributed by atoms with Crippen molar-refractivity contribution in [3.05, 3.63) is 0 Å². The summed E-state index contributed by atoms with van der Waals surface area (Å²) in [6, 6.07) is 0.232. The Morgan fingerprint density at radius 1 is 1.33 bits per heavy atom. The van der Waals surface area contributed by atoms with Gasteiger partial charge in [0.1, 0.15) is 0 Å². The first kappa shape index (κ1) is 16.8. The number of hydrogen-bond acceptors (Lipinski definition) is 3. The topological polar surface area (TPSA) is 50.4 Å². The average Bonchev–Trinajstić information content (AvgIpc) is 2.47. The molecule has 1 aliphatic carbocycles. The second-order valence-corrected chi connectivity index (χ2v) is 7.75. The van der Waals surface area contributed by atoms with Crippen molar-refractivity contribution in [3.8, 4) is 0 Å². The molecule has 3 unspecified atom stereocenters. The second-order valence-electron chi connectivity index (χ2n) is 7.75. The Hall–Kier alpha value is -0.610. The zero-order valence-electron chi connectivity index (χ0n) is 14.3. The third-order valence-corrected chi connectivity index (χ3v) is 6.31. The van der Waals surface area contributed by atoms with Gasteiger partial charge in [-0.25, -0.2) is 0 Å². The van der Waals surface area contributed by atoms with Crippen LogP contribution in [0.2, 0.25) is 0 Å². The third-order valence-electron chi connectivity index (χ3n) is 6.31. The van der Waals surface area contributed by atoms with Crippen LogP contribution in [-0.4, -0.2) is 37.7 Å². The minimum Gasteiger partial charge on any atom is -0.378 e. The van der Waals surface area contributed by atoms with Gasteiger partial charge in [0.15, 0.2) is 0 Å². The van der Waals surface area contributed by atoms with Gasteiger partial charge in [-0.1, -0.05) is 20.8 Å². The Kier molecular flexibility index (Phi) is 4.99. The maximum absolute atomic E-state index is 12.3. The summed E-state index contributed by atoms with van der Waals surface area (Å²) in [6.07, 6.45) is 3.96. The van der Waals surface area contributed by atoms with Crippen molar-refractivity contribution in [2.45, 2.75) is 65.0 Å². The van der Waals surface area contributed by atoms with Gasteiger partial charge in [-0.3, -0.25) is 4.79 Å². The van der Waals surface area contributed by atoms with Gasteiger partial charge in [0.2, 0.25) is 5.91 Å². The quantitative estimate of drug-likeness (QED) is 0.818. The molecule has 2 fully saturated rings. The highest BCUT2D eigenvalue weighted by molar-refractivity contribution is 5.76. The molecular weight excluding hydrogens is 264 g/mol. The Balaban J connectivity index is 1.80. The predicted molar refractivity (Wildman–Crippen MR) is 85.1 cm³/mol. The standard InChI is InChI=1S/C17H32N2O2/c1-12(13-6-8-18-9-7-13)10-15(20)19-14-11-17(4,21-5)16(14,2)3/h12-14,18H,6-11H2,1-5H3,(H,19,20). The number of carbonyl (C=O) groups is 1. The van der Waals surface area contributed by atoms with Crippen molar-refractivity contribution in [3.63, 3.8) is 0 Å². The normalized spacial score (nSPS) is 34.0. The fourth-order valence-electron chi connectivity index (χ4n) is 3.85. The number of hydrogen-bond donors (Lipinski definition) is 2. The van der Waals surface area contributed by atoms with Crippen LogP contribution in [0.1, 0.15) is 53.4 Å². The highest BCUT2D eigenvalue weighted by Crippen LogP contribution is 2.51. The van der Waals surface area contributed by atoms with Gasteiger partial charge in [-0.05, 0) is 51.1 Å². The largest absolute Gasteiger partial charge is 0.378 e. The van der Waals surface area contributed by atoms with Gasteiger partial charge in [0.05, 0.1) is 5.60 Å². The average molecular weight is 296 g/mol. The van der Waals surface area contributed by atoms with E-state index in [-0.39, 0.29) is 23.0 Å². The van der Waals surface area contributed by atoms with Crippen LogP contribution in [0.25, 0.3) is 0 Å². The van der Waals surface area contributed by atoms with Gasteiger partial charge in [0, 0.05) is 25.0 Å². The number of rotatable bonds is 5. The molecule has 4 heteroatoms. The maximum atomic E-state index is 12.3. The first-order valence-electron chi connectivity index (χ1n) is 8.35. The van der Waals surface area contributed by atoms with Gasteiger partial charge in [0.25, 0.3) is 0 Å². The van der Waals surface area contributed by atoms with Crippen molar-refractivity contribution < 1.29 is 9.53 Å². The van der Waals surface area contributed by atoms with E-state index < -0.39 is 0 Å². The molecule has 1 saturated carbocycles. The van der Waals surface area contributed by atoms with Gasteiger partial charge in [-0.2, -0.15) is 0 Å². The van der Waals surface area contributed by atoms with Crippen LogP contribution in [0.5, 0.6) is 0 Å². The highest BCUT2D eigenvalue weighted by Gasteiger charge is 2.58. The van der Waals surface area contributed by atoms with Crippen LogP contribution in [0.4, 0.5) is 0 Å². The fourth-order valence-corrected chi connectivity index (χ4v) is 3.85. The number of amides is 1. The number of piperidine rings is 1. The molecule has 3 atom stereocenters. The van der Waals surface area contributed by atoms with E-state index in [2.05, 4.69) is 38.3 Å². The summed E-state index contributed by atoms with van der Waals surface area (Å²) in [5.41, 5.74) is -0.124. The summed E-state index contributed by atoms with van der Waals surface area (Å²) in [6.45, 7) is 10.9. The molecular formula is C17H32N2O2. The van der Waals surface area contributed by atoms with Crippen molar-refractivity contribution in [2.24, 2.45) is 17.3 Å². The molecule has 2 N–H and O–H groups in total. The van der Waals surface area contributed by atoms with Gasteiger partial charge in [-0.15, -0.1) is 0 Å². The lowest BCUT2D eigenvalue weighted by atomic mass is 9.56. The molecule has 0 aromatic rings. The van der Waals surface area contributed by atoms with E-state index in [4.69, 9.17) is 4.74 Å². The van der Waals surface area contributed by atoms with Crippen molar-refractivity contribution in [1.29, 1.82) is 0 Å². The molecule has 2 aliphatic rings.